The molecule has 0 aliphatic rings. The van der Waals surface area contributed by atoms with Gasteiger partial charge in [0.15, 0.2) is 0 Å². The van der Waals surface area contributed by atoms with Crippen LogP contribution >= 0.6 is 0 Å². The molecule has 0 saturated heterocycles. The number of esters is 1. The van der Waals surface area contributed by atoms with Gasteiger partial charge in [-0.15, -0.1) is 0 Å². The second-order valence-electron chi connectivity index (χ2n) is 6.62. The maximum atomic E-state index is 12.5. The summed E-state index contributed by atoms with van der Waals surface area (Å²) in [5.74, 6) is 0.443. The van der Waals surface area contributed by atoms with Crippen LogP contribution in [-0.4, -0.2) is 45.0 Å². The fraction of sp³-hybridized carbons (Fsp3) is 0.409. The van der Waals surface area contributed by atoms with Crippen LogP contribution in [0.4, 0.5) is 0 Å². The molecule has 29 heavy (non-hydrogen) atoms. The van der Waals surface area contributed by atoms with Gasteiger partial charge in [0, 0.05) is 19.5 Å². The first-order chi connectivity index (χ1) is 13.9. The van der Waals surface area contributed by atoms with E-state index in [0.717, 1.165) is 16.9 Å². The lowest BCUT2D eigenvalue weighted by Crippen LogP contribution is -2.30. The number of rotatable bonds is 11. The predicted octanol–water partition coefficient (Wildman–Crippen LogP) is 3.58. The molecule has 2 aromatic carbocycles. The van der Waals surface area contributed by atoms with Crippen molar-refractivity contribution in [3.63, 3.8) is 0 Å². The third kappa shape index (κ3) is 6.87. The standard InChI is InChI=1S/C22H29NO5S/c1-4-23(5-2)29(25,26)21-12-9-19(10-13-21)11-14-22(24)28-16-15-27-20-8-6-7-18(3)17-20/h6-10,12-13,17H,4-5,11,14-16H2,1-3H3. The summed E-state index contributed by atoms with van der Waals surface area (Å²) in [6, 6.07) is 14.3. The van der Waals surface area contributed by atoms with Gasteiger partial charge < -0.3 is 9.47 Å². The van der Waals surface area contributed by atoms with Crippen LogP contribution in [-0.2, 0) is 26.0 Å². The lowest BCUT2D eigenvalue weighted by molar-refractivity contribution is -0.144. The smallest absolute Gasteiger partial charge is 0.306 e. The molecule has 158 valence electrons. The summed E-state index contributed by atoms with van der Waals surface area (Å²) in [5, 5.41) is 0. The summed E-state index contributed by atoms with van der Waals surface area (Å²) < 4.78 is 37.1. The highest BCUT2D eigenvalue weighted by molar-refractivity contribution is 7.89. The average Bonchev–Trinajstić information content (AvgIpc) is 2.71. The SMILES string of the molecule is CCN(CC)S(=O)(=O)c1ccc(CCC(=O)OCCOc2cccc(C)c2)cc1. The van der Waals surface area contributed by atoms with Crippen molar-refractivity contribution < 1.29 is 22.7 Å². The van der Waals surface area contributed by atoms with Gasteiger partial charge in [-0.3, -0.25) is 4.79 Å². The van der Waals surface area contributed by atoms with Crippen LogP contribution in [0.25, 0.3) is 0 Å². The number of aryl methyl sites for hydroxylation is 2. The van der Waals surface area contributed by atoms with Gasteiger partial charge in [0.1, 0.15) is 19.0 Å². The molecule has 0 saturated carbocycles. The topological polar surface area (TPSA) is 72.9 Å². The maximum Gasteiger partial charge on any atom is 0.306 e. The van der Waals surface area contributed by atoms with E-state index in [9.17, 15) is 13.2 Å². The zero-order chi connectivity index (χ0) is 21.3. The molecular formula is C22H29NO5S. The molecule has 0 aliphatic heterocycles. The zero-order valence-corrected chi connectivity index (χ0v) is 18.1. The van der Waals surface area contributed by atoms with E-state index in [4.69, 9.17) is 9.47 Å². The van der Waals surface area contributed by atoms with Crippen molar-refractivity contribution in [2.45, 2.75) is 38.5 Å². The van der Waals surface area contributed by atoms with Crippen molar-refractivity contribution in [3.8, 4) is 5.75 Å². The van der Waals surface area contributed by atoms with Crippen LogP contribution in [0, 0.1) is 6.92 Å². The van der Waals surface area contributed by atoms with Crippen LogP contribution in [0.5, 0.6) is 5.75 Å². The van der Waals surface area contributed by atoms with Gasteiger partial charge in [-0.2, -0.15) is 4.31 Å². The molecule has 0 heterocycles. The number of hydrogen-bond acceptors (Lipinski definition) is 5. The Balaban J connectivity index is 1.76. The van der Waals surface area contributed by atoms with Gasteiger partial charge in [-0.05, 0) is 48.7 Å². The summed E-state index contributed by atoms with van der Waals surface area (Å²) in [5.41, 5.74) is 1.99. The number of benzene rings is 2. The first kappa shape index (κ1) is 22.9. The van der Waals surface area contributed by atoms with E-state index < -0.39 is 10.0 Å². The first-order valence-electron chi connectivity index (χ1n) is 9.81. The highest BCUT2D eigenvalue weighted by Gasteiger charge is 2.21. The minimum absolute atomic E-state index is 0.188. The summed E-state index contributed by atoms with van der Waals surface area (Å²) in [7, 11) is -3.46. The number of hydrogen-bond donors (Lipinski definition) is 0. The monoisotopic (exact) mass is 419 g/mol. The van der Waals surface area contributed by atoms with Gasteiger partial charge >= 0.3 is 5.97 Å². The van der Waals surface area contributed by atoms with E-state index in [1.54, 1.807) is 24.3 Å². The van der Waals surface area contributed by atoms with Crippen molar-refractivity contribution >= 4 is 16.0 Å². The fourth-order valence-corrected chi connectivity index (χ4v) is 4.34. The van der Waals surface area contributed by atoms with Crippen molar-refractivity contribution in [1.82, 2.24) is 4.31 Å². The Hall–Kier alpha value is -2.38. The summed E-state index contributed by atoms with van der Waals surface area (Å²) in [4.78, 5) is 12.2. The molecule has 0 amide bonds. The predicted molar refractivity (Wildman–Crippen MR) is 113 cm³/mol. The Morgan fingerprint density at radius 3 is 2.31 bits per heavy atom. The van der Waals surface area contributed by atoms with E-state index in [1.807, 2.05) is 45.0 Å². The lowest BCUT2D eigenvalue weighted by Gasteiger charge is -2.18. The minimum Gasteiger partial charge on any atom is -0.490 e. The highest BCUT2D eigenvalue weighted by atomic mass is 32.2. The molecule has 0 spiro atoms. The van der Waals surface area contributed by atoms with E-state index in [1.165, 1.54) is 4.31 Å². The average molecular weight is 420 g/mol. The second kappa shape index (κ2) is 11.0. The van der Waals surface area contributed by atoms with Crippen molar-refractivity contribution in [2.75, 3.05) is 26.3 Å². The number of carbonyl (C=O) groups is 1. The van der Waals surface area contributed by atoms with E-state index in [-0.39, 0.29) is 23.9 Å². The summed E-state index contributed by atoms with van der Waals surface area (Å²) in [6.45, 7) is 6.96. The molecule has 2 rings (SSSR count). The number of carbonyl (C=O) groups excluding carboxylic acids is 1. The lowest BCUT2D eigenvalue weighted by atomic mass is 10.1. The molecule has 0 fully saturated rings. The molecule has 7 heteroatoms. The first-order valence-corrected chi connectivity index (χ1v) is 11.2. The van der Waals surface area contributed by atoms with Crippen LogP contribution < -0.4 is 4.74 Å². The highest BCUT2D eigenvalue weighted by Crippen LogP contribution is 2.17. The molecule has 0 bridgehead atoms. The maximum absolute atomic E-state index is 12.5. The molecular weight excluding hydrogens is 390 g/mol. The molecule has 2 aromatic rings. The van der Waals surface area contributed by atoms with Gasteiger partial charge in [-0.1, -0.05) is 38.1 Å². The molecule has 0 radical (unpaired) electrons. The Labute approximate surface area is 173 Å². The molecule has 0 aromatic heterocycles. The zero-order valence-electron chi connectivity index (χ0n) is 17.3. The van der Waals surface area contributed by atoms with Crippen molar-refractivity contribution in [3.05, 3.63) is 59.7 Å². The van der Waals surface area contributed by atoms with Crippen molar-refractivity contribution in [1.29, 1.82) is 0 Å². The third-order valence-electron chi connectivity index (χ3n) is 4.49. The minimum atomic E-state index is -3.46. The summed E-state index contributed by atoms with van der Waals surface area (Å²) in [6.07, 6.45) is 0.718. The molecule has 0 unspecified atom stereocenters. The Kier molecular flexibility index (Phi) is 8.67. The number of nitrogens with zero attached hydrogens (tertiary/aromatic N) is 1. The fourth-order valence-electron chi connectivity index (χ4n) is 2.88. The van der Waals surface area contributed by atoms with Crippen molar-refractivity contribution in [2.24, 2.45) is 0 Å². The quantitative estimate of drug-likeness (QED) is 0.411. The summed E-state index contributed by atoms with van der Waals surface area (Å²) >= 11 is 0. The van der Waals surface area contributed by atoms with Crippen LogP contribution in [0.15, 0.2) is 53.4 Å². The van der Waals surface area contributed by atoms with Gasteiger partial charge in [-0.25, -0.2) is 8.42 Å². The second-order valence-corrected chi connectivity index (χ2v) is 8.56. The molecule has 0 atom stereocenters. The number of ether oxygens (including phenoxy) is 2. The Bertz CT molecular complexity index is 890. The number of sulfonamides is 1. The van der Waals surface area contributed by atoms with Crippen LogP contribution in [0.2, 0.25) is 0 Å². The van der Waals surface area contributed by atoms with Crippen LogP contribution in [0.1, 0.15) is 31.4 Å². The van der Waals surface area contributed by atoms with E-state index in [0.29, 0.717) is 26.1 Å². The van der Waals surface area contributed by atoms with E-state index >= 15 is 0 Å². The molecule has 0 aliphatic carbocycles. The van der Waals surface area contributed by atoms with Gasteiger partial charge in [0.05, 0.1) is 4.90 Å². The van der Waals surface area contributed by atoms with Gasteiger partial charge in [0.2, 0.25) is 10.0 Å². The van der Waals surface area contributed by atoms with Crippen LogP contribution in [0.3, 0.4) is 0 Å². The van der Waals surface area contributed by atoms with E-state index in [2.05, 4.69) is 0 Å². The largest absolute Gasteiger partial charge is 0.490 e. The van der Waals surface area contributed by atoms with Gasteiger partial charge in [0.25, 0.3) is 0 Å². The third-order valence-corrected chi connectivity index (χ3v) is 6.55. The Morgan fingerprint density at radius 2 is 1.69 bits per heavy atom. The Morgan fingerprint density at radius 1 is 1.00 bits per heavy atom. The molecule has 6 nitrogen and oxygen atoms in total. The normalized spacial score (nSPS) is 11.4. The molecule has 0 N–H and O–H groups in total.